The largest absolute Gasteiger partial charge is 0.300 e. The predicted octanol–water partition coefficient (Wildman–Crippen LogP) is 4.08. The minimum absolute atomic E-state index is 0.973. The molecule has 1 aliphatic carbocycles. The van der Waals surface area contributed by atoms with E-state index in [1.54, 1.807) is 0 Å². The quantitative estimate of drug-likeness (QED) is 0.679. The molecule has 0 spiro atoms. The van der Waals surface area contributed by atoms with Crippen molar-refractivity contribution >= 4 is 0 Å². The fraction of sp³-hybridized carbons (Fsp3) is 1.00. The number of hydrogen-bond donors (Lipinski definition) is 0. The molecule has 94 valence electrons. The summed E-state index contributed by atoms with van der Waals surface area (Å²) in [6.07, 6.45) is 11.7. The van der Waals surface area contributed by atoms with Crippen LogP contribution >= 0.6 is 0 Å². The van der Waals surface area contributed by atoms with Gasteiger partial charge in [0.05, 0.1) is 0 Å². The zero-order valence-corrected chi connectivity index (χ0v) is 11.3. The first-order valence-corrected chi connectivity index (χ1v) is 7.59. The molecule has 0 N–H and O–H groups in total. The zero-order valence-electron chi connectivity index (χ0n) is 11.3. The van der Waals surface area contributed by atoms with Gasteiger partial charge in [-0.15, -0.1) is 0 Å². The third kappa shape index (κ3) is 2.80. The van der Waals surface area contributed by atoms with Gasteiger partial charge in [0.2, 0.25) is 0 Å². The van der Waals surface area contributed by atoms with Gasteiger partial charge in [0.25, 0.3) is 0 Å². The van der Waals surface area contributed by atoms with Crippen molar-refractivity contribution in [2.75, 3.05) is 13.1 Å². The van der Waals surface area contributed by atoms with Crippen molar-refractivity contribution in [3.05, 3.63) is 0 Å². The van der Waals surface area contributed by atoms with Crippen molar-refractivity contribution in [3.8, 4) is 0 Å². The molecule has 0 aromatic carbocycles. The molecule has 1 aliphatic heterocycles. The summed E-state index contributed by atoms with van der Waals surface area (Å²) in [5.41, 5.74) is 0. The van der Waals surface area contributed by atoms with E-state index in [2.05, 4.69) is 18.7 Å². The average Bonchev–Trinajstić information content (AvgIpc) is 2.30. The molecule has 1 heteroatoms. The van der Waals surface area contributed by atoms with E-state index in [1.165, 1.54) is 64.5 Å². The van der Waals surface area contributed by atoms with Crippen LogP contribution in [0.25, 0.3) is 0 Å². The molecule has 0 aromatic rings. The smallest absolute Gasteiger partial charge is 0.0124 e. The van der Waals surface area contributed by atoms with E-state index >= 15 is 0 Å². The Bertz CT molecular complexity index is 192. The predicted molar refractivity (Wildman–Crippen MR) is 70.6 cm³/mol. The van der Waals surface area contributed by atoms with Crippen molar-refractivity contribution in [2.24, 2.45) is 11.8 Å². The van der Waals surface area contributed by atoms with E-state index in [4.69, 9.17) is 0 Å². The Labute approximate surface area is 102 Å². The lowest BCUT2D eigenvalue weighted by Gasteiger charge is -2.47. The van der Waals surface area contributed by atoms with Gasteiger partial charge >= 0.3 is 0 Å². The molecule has 1 heterocycles. The maximum Gasteiger partial charge on any atom is 0.0124 e. The summed E-state index contributed by atoms with van der Waals surface area (Å²) in [5.74, 6) is 2.04. The van der Waals surface area contributed by atoms with Crippen molar-refractivity contribution in [1.29, 1.82) is 0 Å². The van der Waals surface area contributed by atoms with Gasteiger partial charge in [0.1, 0.15) is 0 Å². The molecule has 1 saturated heterocycles. The molecule has 0 amide bonds. The highest BCUT2D eigenvalue weighted by Crippen LogP contribution is 2.39. The Morgan fingerprint density at radius 2 is 1.69 bits per heavy atom. The highest BCUT2D eigenvalue weighted by molar-refractivity contribution is 4.90. The van der Waals surface area contributed by atoms with Gasteiger partial charge < -0.3 is 4.90 Å². The van der Waals surface area contributed by atoms with E-state index in [9.17, 15) is 0 Å². The highest BCUT2D eigenvalue weighted by atomic mass is 15.2. The normalized spacial score (nSPS) is 31.7. The molecular weight excluding hydrogens is 194 g/mol. The van der Waals surface area contributed by atoms with E-state index in [0.717, 1.165) is 17.9 Å². The molecule has 2 atom stereocenters. The van der Waals surface area contributed by atoms with Crippen LogP contribution in [0.15, 0.2) is 0 Å². The number of likely N-dealkylation sites (tertiary alicyclic amines) is 1. The first-order valence-electron chi connectivity index (χ1n) is 7.59. The molecule has 2 fully saturated rings. The van der Waals surface area contributed by atoms with Crippen LogP contribution in [0.5, 0.6) is 0 Å². The van der Waals surface area contributed by atoms with Crippen LogP contribution in [-0.4, -0.2) is 24.0 Å². The summed E-state index contributed by atoms with van der Waals surface area (Å²) >= 11 is 0. The van der Waals surface area contributed by atoms with Crippen molar-refractivity contribution in [1.82, 2.24) is 4.90 Å². The van der Waals surface area contributed by atoms with E-state index in [0.29, 0.717) is 0 Å². The molecular formula is C15H29N. The van der Waals surface area contributed by atoms with Gasteiger partial charge in [-0.05, 0) is 57.0 Å². The van der Waals surface area contributed by atoms with Crippen LogP contribution in [0, 0.1) is 11.8 Å². The first-order chi connectivity index (χ1) is 7.85. The average molecular weight is 223 g/mol. The van der Waals surface area contributed by atoms with Crippen LogP contribution in [0.2, 0.25) is 0 Å². The molecule has 2 rings (SSSR count). The minimum atomic E-state index is 0.973. The van der Waals surface area contributed by atoms with Gasteiger partial charge in [-0.2, -0.15) is 0 Å². The van der Waals surface area contributed by atoms with Gasteiger partial charge in [0.15, 0.2) is 0 Å². The lowest BCUT2D eigenvalue weighted by molar-refractivity contribution is 0.0333. The van der Waals surface area contributed by atoms with E-state index in [1.807, 2.05) is 0 Å². The summed E-state index contributed by atoms with van der Waals surface area (Å²) in [7, 11) is 0. The van der Waals surface area contributed by atoms with Crippen LogP contribution in [0.4, 0.5) is 0 Å². The number of nitrogens with zero attached hydrogens (tertiary/aromatic N) is 1. The van der Waals surface area contributed by atoms with Crippen molar-refractivity contribution in [2.45, 2.75) is 71.3 Å². The standard InChI is InChI=1S/C15H29N/c1-3-13(4-2)12-14-8-9-15(14)16-10-6-5-7-11-16/h13-15H,3-12H2,1-2H3. The van der Waals surface area contributed by atoms with Gasteiger partial charge in [-0.25, -0.2) is 0 Å². The van der Waals surface area contributed by atoms with Gasteiger partial charge in [-0.3, -0.25) is 0 Å². The second-order valence-electron chi connectivity index (χ2n) is 5.92. The Morgan fingerprint density at radius 3 is 2.19 bits per heavy atom. The van der Waals surface area contributed by atoms with Crippen LogP contribution in [0.1, 0.15) is 65.2 Å². The van der Waals surface area contributed by atoms with Crippen LogP contribution < -0.4 is 0 Å². The van der Waals surface area contributed by atoms with E-state index < -0.39 is 0 Å². The molecule has 2 aliphatic rings. The molecule has 1 nitrogen and oxygen atoms in total. The second-order valence-corrected chi connectivity index (χ2v) is 5.92. The van der Waals surface area contributed by atoms with Gasteiger partial charge in [-0.1, -0.05) is 33.1 Å². The highest BCUT2D eigenvalue weighted by Gasteiger charge is 2.36. The van der Waals surface area contributed by atoms with Crippen molar-refractivity contribution < 1.29 is 0 Å². The molecule has 1 saturated carbocycles. The molecule has 0 radical (unpaired) electrons. The monoisotopic (exact) mass is 223 g/mol. The summed E-state index contributed by atoms with van der Waals surface area (Å²) in [6.45, 7) is 7.51. The van der Waals surface area contributed by atoms with Crippen molar-refractivity contribution in [3.63, 3.8) is 0 Å². The maximum absolute atomic E-state index is 2.81. The molecule has 2 unspecified atom stereocenters. The molecule has 16 heavy (non-hydrogen) atoms. The Balaban J connectivity index is 1.78. The number of piperidine rings is 1. The van der Waals surface area contributed by atoms with Crippen LogP contribution in [0.3, 0.4) is 0 Å². The Hall–Kier alpha value is -0.0400. The minimum Gasteiger partial charge on any atom is -0.300 e. The summed E-state index contributed by atoms with van der Waals surface area (Å²) in [5, 5.41) is 0. The Morgan fingerprint density at radius 1 is 1.00 bits per heavy atom. The maximum atomic E-state index is 2.81. The fourth-order valence-electron chi connectivity index (χ4n) is 3.61. The third-order valence-corrected chi connectivity index (χ3v) is 5.03. The topological polar surface area (TPSA) is 3.24 Å². The molecule has 0 bridgehead atoms. The fourth-order valence-corrected chi connectivity index (χ4v) is 3.61. The molecule has 0 aromatic heterocycles. The lowest BCUT2D eigenvalue weighted by atomic mass is 9.72. The SMILES string of the molecule is CCC(CC)CC1CCC1N1CCCCC1. The van der Waals surface area contributed by atoms with E-state index in [-0.39, 0.29) is 0 Å². The Kier molecular flexibility index (Phi) is 4.69. The number of hydrogen-bond acceptors (Lipinski definition) is 1. The summed E-state index contributed by atoms with van der Waals surface area (Å²) in [4.78, 5) is 2.81. The zero-order chi connectivity index (χ0) is 11.4. The van der Waals surface area contributed by atoms with Crippen LogP contribution in [-0.2, 0) is 0 Å². The van der Waals surface area contributed by atoms with Gasteiger partial charge in [0, 0.05) is 6.04 Å². The first kappa shape index (κ1) is 12.4. The second kappa shape index (κ2) is 6.05. The third-order valence-electron chi connectivity index (χ3n) is 5.03. The summed E-state index contributed by atoms with van der Waals surface area (Å²) in [6, 6.07) is 0.973. The number of rotatable bonds is 5. The lowest BCUT2D eigenvalue weighted by Crippen LogP contribution is -2.49. The summed E-state index contributed by atoms with van der Waals surface area (Å²) < 4.78 is 0.